The van der Waals surface area contributed by atoms with Crippen molar-refractivity contribution in [2.75, 3.05) is 6.73 Å². The van der Waals surface area contributed by atoms with E-state index in [0.717, 1.165) is 12.1 Å². The van der Waals surface area contributed by atoms with E-state index in [1.54, 1.807) is 0 Å². The maximum atomic E-state index is 12.4. The standard InChI is InChI=1S/C10H11F3N2O2/c11-10(12,13)7-2-1-6(4-17-5-14)8(3-7)9(15)16/h1-3H,4-5,14H2,(H2,15,16). The summed E-state index contributed by atoms with van der Waals surface area (Å²) in [5, 5.41) is 0. The number of carbonyl (C=O) groups excluding carboxylic acids is 1. The number of halogens is 3. The second-order valence-corrected chi connectivity index (χ2v) is 3.25. The van der Waals surface area contributed by atoms with Gasteiger partial charge in [0, 0.05) is 5.56 Å². The predicted molar refractivity (Wildman–Crippen MR) is 53.8 cm³/mol. The highest BCUT2D eigenvalue weighted by molar-refractivity contribution is 5.94. The van der Waals surface area contributed by atoms with E-state index in [9.17, 15) is 18.0 Å². The van der Waals surface area contributed by atoms with Crippen molar-refractivity contribution < 1.29 is 22.7 Å². The highest BCUT2D eigenvalue weighted by Gasteiger charge is 2.31. The van der Waals surface area contributed by atoms with Crippen LogP contribution in [0.1, 0.15) is 21.5 Å². The molecular weight excluding hydrogens is 237 g/mol. The number of hydrogen-bond acceptors (Lipinski definition) is 3. The molecule has 94 valence electrons. The lowest BCUT2D eigenvalue weighted by Gasteiger charge is -2.11. The van der Waals surface area contributed by atoms with Gasteiger partial charge in [0.05, 0.1) is 18.9 Å². The minimum atomic E-state index is -4.52. The van der Waals surface area contributed by atoms with Gasteiger partial charge in [-0.1, -0.05) is 6.07 Å². The van der Waals surface area contributed by atoms with E-state index in [2.05, 4.69) is 0 Å². The van der Waals surface area contributed by atoms with E-state index in [1.165, 1.54) is 0 Å². The first-order chi connectivity index (χ1) is 7.86. The number of nitrogens with two attached hydrogens (primary N) is 2. The van der Waals surface area contributed by atoms with Gasteiger partial charge in [0.2, 0.25) is 5.91 Å². The summed E-state index contributed by atoms with van der Waals surface area (Å²) < 4.78 is 42.1. The van der Waals surface area contributed by atoms with Gasteiger partial charge in [0.1, 0.15) is 0 Å². The third-order valence-electron chi connectivity index (χ3n) is 2.08. The number of primary amides is 1. The molecule has 4 N–H and O–H groups in total. The van der Waals surface area contributed by atoms with E-state index in [-0.39, 0.29) is 24.5 Å². The third kappa shape index (κ3) is 3.43. The monoisotopic (exact) mass is 248 g/mol. The van der Waals surface area contributed by atoms with Crippen molar-refractivity contribution in [1.29, 1.82) is 0 Å². The van der Waals surface area contributed by atoms with Gasteiger partial charge in [0.15, 0.2) is 0 Å². The zero-order chi connectivity index (χ0) is 13.1. The Morgan fingerprint density at radius 1 is 1.35 bits per heavy atom. The fourth-order valence-electron chi connectivity index (χ4n) is 1.28. The lowest BCUT2D eigenvalue weighted by Crippen LogP contribution is -2.17. The van der Waals surface area contributed by atoms with E-state index >= 15 is 0 Å². The van der Waals surface area contributed by atoms with Crippen LogP contribution < -0.4 is 11.5 Å². The largest absolute Gasteiger partial charge is 0.416 e. The van der Waals surface area contributed by atoms with Crippen LogP contribution in [0.15, 0.2) is 18.2 Å². The summed E-state index contributed by atoms with van der Waals surface area (Å²) in [6, 6.07) is 2.72. The third-order valence-corrected chi connectivity index (χ3v) is 2.08. The van der Waals surface area contributed by atoms with Crippen LogP contribution in [0.4, 0.5) is 13.2 Å². The van der Waals surface area contributed by atoms with E-state index in [1.807, 2.05) is 0 Å². The maximum Gasteiger partial charge on any atom is 0.416 e. The minimum absolute atomic E-state index is 0.0626. The Balaban J connectivity index is 3.13. The number of alkyl halides is 3. The van der Waals surface area contributed by atoms with Crippen molar-refractivity contribution in [3.63, 3.8) is 0 Å². The van der Waals surface area contributed by atoms with Crippen molar-refractivity contribution >= 4 is 5.91 Å². The SMILES string of the molecule is NCOCc1ccc(C(F)(F)F)cc1C(N)=O. The number of hydrogen-bond donors (Lipinski definition) is 2. The zero-order valence-electron chi connectivity index (χ0n) is 8.75. The molecule has 0 aliphatic heterocycles. The molecule has 1 aromatic carbocycles. The second-order valence-electron chi connectivity index (χ2n) is 3.25. The fourth-order valence-corrected chi connectivity index (χ4v) is 1.28. The maximum absolute atomic E-state index is 12.4. The molecule has 0 aliphatic rings. The van der Waals surface area contributed by atoms with E-state index in [0.29, 0.717) is 6.07 Å². The van der Waals surface area contributed by atoms with Gasteiger partial charge in [0.25, 0.3) is 0 Å². The summed E-state index contributed by atoms with van der Waals surface area (Å²) in [4.78, 5) is 11.0. The summed E-state index contributed by atoms with van der Waals surface area (Å²) in [7, 11) is 0. The van der Waals surface area contributed by atoms with Crippen LogP contribution in [0.3, 0.4) is 0 Å². The number of ether oxygens (including phenoxy) is 1. The molecule has 0 atom stereocenters. The summed E-state index contributed by atoms with van der Waals surface area (Å²) in [5.41, 5.74) is 9.22. The Labute approximate surface area is 95.3 Å². The summed E-state index contributed by atoms with van der Waals surface area (Å²) in [6.45, 7) is -0.161. The number of benzene rings is 1. The van der Waals surface area contributed by atoms with Gasteiger partial charge >= 0.3 is 6.18 Å². The molecule has 0 saturated heterocycles. The Morgan fingerprint density at radius 2 is 2.00 bits per heavy atom. The van der Waals surface area contributed by atoms with Crippen molar-refractivity contribution in [2.24, 2.45) is 11.5 Å². The Bertz CT molecular complexity index is 419. The molecule has 4 nitrogen and oxygen atoms in total. The van der Waals surface area contributed by atoms with E-state index < -0.39 is 17.6 Å². The molecule has 0 unspecified atom stereocenters. The Hall–Kier alpha value is -1.60. The lowest BCUT2D eigenvalue weighted by atomic mass is 10.0. The highest BCUT2D eigenvalue weighted by atomic mass is 19.4. The molecule has 0 bridgehead atoms. The first-order valence-electron chi connectivity index (χ1n) is 4.64. The first kappa shape index (κ1) is 13.5. The van der Waals surface area contributed by atoms with Crippen LogP contribution in [0.25, 0.3) is 0 Å². The number of rotatable bonds is 4. The van der Waals surface area contributed by atoms with Gasteiger partial charge in [-0.05, 0) is 17.7 Å². The van der Waals surface area contributed by atoms with Crippen molar-refractivity contribution in [2.45, 2.75) is 12.8 Å². The van der Waals surface area contributed by atoms with Gasteiger partial charge in [-0.25, -0.2) is 0 Å². The summed E-state index contributed by atoms with van der Waals surface area (Å²) in [6.07, 6.45) is -4.52. The molecule has 1 rings (SSSR count). The van der Waals surface area contributed by atoms with Crippen LogP contribution in [-0.2, 0) is 17.5 Å². The number of amides is 1. The van der Waals surface area contributed by atoms with Gasteiger partial charge in [-0.2, -0.15) is 13.2 Å². The molecule has 1 amide bonds. The number of carbonyl (C=O) groups is 1. The first-order valence-corrected chi connectivity index (χ1v) is 4.64. The van der Waals surface area contributed by atoms with Crippen molar-refractivity contribution in [1.82, 2.24) is 0 Å². The van der Waals surface area contributed by atoms with Crippen LogP contribution in [0.2, 0.25) is 0 Å². The molecule has 0 aromatic heterocycles. The molecule has 0 heterocycles. The predicted octanol–water partition coefficient (Wildman–Crippen LogP) is 1.24. The molecule has 7 heteroatoms. The van der Waals surface area contributed by atoms with Crippen LogP contribution >= 0.6 is 0 Å². The molecule has 1 aromatic rings. The van der Waals surface area contributed by atoms with Crippen LogP contribution in [0.5, 0.6) is 0 Å². The van der Waals surface area contributed by atoms with Gasteiger partial charge in [-0.15, -0.1) is 0 Å². The van der Waals surface area contributed by atoms with Crippen LogP contribution in [-0.4, -0.2) is 12.6 Å². The highest BCUT2D eigenvalue weighted by Crippen LogP contribution is 2.30. The molecule has 0 spiro atoms. The molecular formula is C10H11F3N2O2. The molecule has 0 fully saturated rings. The van der Waals surface area contributed by atoms with Gasteiger partial charge < -0.3 is 16.2 Å². The quantitative estimate of drug-likeness (QED) is 0.787. The van der Waals surface area contributed by atoms with Crippen molar-refractivity contribution in [3.05, 3.63) is 34.9 Å². The topological polar surface area (TPSA) is 78.3 Å². The summed E-state index contributed by atoms with van der Waals surface area (Å²) >= 11 is 0. The second kappa shape index (κ2) is 5.15. The average Bonchev–Trinajstić information content (AvgIpc) is 2.24. The van der Waals surface area contributed by atoms with Crippen LogP contribution in [0, 0.1) is 0 Å². The molecule has 0 radical (unpaired) electrons. The smallest absolute Gasteiger partial charge is 0.366 e. The normalized spacial score (nSPS) is 11.5. The fraction of sp³-hybridized carbons (Fsp3) is 0.300. The van der Waals surface area contributed by atoms with E-state index in [4.69, 9.17) is 16.2 Å². The summed E-state index contributed by atoms with van der Waals surface area (Å²) in [5.74, 6) is -0.938. The molecule has 0 aliphatic carbocycles. The zero-order valence-corrected chi connectivity index (χ0v) is 8.75. The molecule has 0 saturated carbocycles. The molecule has 17 heavy (non-hydrogen) atoms. The Morgan fingerprint density at radius 3 is 2.47 bits per heavy atom. The minimum Gasteiger partial charge on any atom is -0.366 e. The Kier molecular flexibility index (Phi) is 4.08. The van der Waals surface area contributed by atoms with Crippen molar-refractivity contribution in [3.8, 4) is 0 Å². The lowest BCUT2D eigenvalue weighted by molar-refractivity contribution is -0.137. The average molecular weight is 248 g/mol. The van der Waals surface area contributed by atoms with Gasteiger partial charge in [-0.3, -0.25) is 4.79 Å².